The molecule has 0 saturated heterocycles. The number of nitrogens with one attached hydrogen (secondary N) is 3. The van der Waals surface area contributed by atoms with Crippen molar-refractivity contribution in [2.24, 2.45) is 4.99 Å². The zero-order chi connectivity index (χ0) is 17.2. The molecule has 1 fully saturated rings. The summed E-state index contributed by atoms with van der Waals surface area (Å²) < 4.78 is 0. The van der Waals surface area contributed by atoms with Crippen LogP contribution in [0.2, 0.25) is 0 Å². The first-order chi connectivity index (χ1) is 11.7. The molecule has 0 spiro atoms. The fourth-order valence-corrected chi connectivity index (χ4v) is 3.72. The molecule has 5 nitrogen and oxygen atoms in total. The Kier molecular flexibility index (Phi) is 8.08. The third kappa shape index (κ3) is 6.51. The Labute approximate surface area is 149 Å². The fraction of sp³-hybridized carbons (Fsp3) is 0.667. The van der Waals surface area contributed by atoms with E-state index < -0.39 is 0 Å². The molecule has 0 aromatic carbocycles. The third-order valence-corrected chi connectivity index (χ3v) is 5.08. The number of rotatable bonds is 7. The van der Waals surface area contributed by atoms with Gasteiger partial charge in [0.15, 0.2) is 5.96 Å². The minimum absolute atomic E-state index is 0.0185. The van der Waals surface area contributed by atoms with Crippen LogP contribution < -0.4 is 16.0 Å². The third-order valence-electron chi connectivity index (χ3n) is 4.38. The summed E-state index contributed by atoms with van der Waals surface area (Å²) in [6, 6.07) is 2.49. The van der Waals surface area contributed by atoms with E-state index in [1.54, 1.807) is 11.3 Å². The molecule has 0 aliphatic heterocycles. The normalized spacial score (nSPS) is 17.3. The molecule has 2 rings (SSSR count). The van der Waals surface area contributed by atoms with Gasteiger partial charge >= 0.3 is 0 Å². The van der Waals surface area contributed by atoms with Crippen molar-refractivity contribution >= 4 is 23.2 Å². The van der Waals surface area contributed by atoms with E-state index in [4.69, 9.17) is 0 Å². The molecular weight excluding hydrogens is 320 g/mol. The maximum Gasteiger partial charge on any atom is 0.242 e. The molecule has 1 atom stereocenters. The highest BCUT2D eigenvalue weighted by molar-refractivity contribution is 7.07. The summed E-state index contributed by atoms with van der Waals surface area (Å²) in [6.45, 7) is 5.98. The van der Waals surface area contributed by atoms with Crippen molar-refractivity contribution in [3.8, 4) is 0 Å². The van der Waals surface area contributed by atoms with E-state index in [1.807, 2.05) is 6.92 Å². The molecular formula is C18H30N4OS. The zero-order valence-electron chi connectivity index (χ0n) is 14.8. The van der Waals surface area contributed by atoms with Crippen LogP contribution in [0.25, 0.3) is 0 Å². The Morgan fingerprint density at radius 3 is 2.79 bits per heavy atom. The van der Waals surface area contributed by atoms with Crippen molar-refractivity contribution in [3.05, 3.63) is 22.4 Å². The summed E-state index contributed by atoms with van der Waals surface area (Å²) in [4.78, 5) is 16.5. The highest BCUT2D eigenvalue weighted by Gasteiger charge is 2.15. The molecule has 1 heterocycles. The number of hydrogen-bond donors (Lipinski definition) is 3. The van der Waals surface area contributed by atoms with Crippen LogP contribution in [-0.2, 0) is 4.79 Å². The lowest BCUT2D eigenvalue weighted by Crippen LogP contribution is -2.41. The van der Waals surface area contributed by atoms with Crippen LogP contribution in [0.4, 0.5) is 0 Å². The van der Waals surface area contributed by atoms with Crippen LogP contribution in [0.3, 0.4) is 0 Å². The molecule has 1 aromatic rings. The Balaban J connectivity index is 1.77. The number of thiophene rings is 1. The minimum atomic E-state index is 0.0185. The molecule has 1 aromatic heterocycles. The first kappa shape index (κ1) is 18.8. The second kappa shape index (κ2) is 10.3. The molecule has 1 unspecified atom stereocenters. The van der Waals surface area contributed by atoms with Crippen LogP contribution in [0.5, 0.6) is 0 Å². The molecule has 1 saturated carbocycles. The van der Waals surface area contributed by atoms with Gasteiger partial charge < -0.3 is 16.0 Å². The summed E-state index contributed by atoms with van der Waals surface area (Å²) in [5.74, 6) is 1.14. The summed E-state index contributed by atoms with van der Waals surface area (Å²) in [5.41, 5.74) is 1.33. The first-order valence-corrected chi connectivity index (χ1v) is 9.97. The molecule has 3 N–H and O–H groups in total. The molecule has 134 valence electrons. The predicted octanol–water partition coefficient (Wildman–Crippen LogP) is 2.86. The quantitative estimate of drug-likeness (QED) is 0.523. The second-order valence-corrected chi connectivity index (χ2v) is 7.22. The SMILES string of the molecule is CCNC(=NCC(=O)NC1CCCCC1)NCC(C)c1ccsc1. The Bertz CT molecular complexity index is 509. The van der Waals surface area contributed by atoms with Crippen LogP contribution >= 0.6 is 11.3 Å². The molecule has 6 heteroatoms. The van der Waals surface area contributed by atoms with Crippen LogP contribution in [0, 0.1) is 0 Å². The van der Waals surface area contributed by atoms with Gasteiger partial charge in [-0.1, -0.05) is 26.2 Å². The summed E-state index contributed by atoms with van der Waals surface area (Å²) in [5, 5.41) is 13.9. The molecule has 1 amide bonds. The fourth-order valence-electron chi connectivity index (χ4n) is 2.94. The minimum Gasteiger partial charge on any atom is -0.357 e. The number of carbonyl (C=O) groups excluding carboxylic acids is 1. The van der Waals surface area contributed by atoms with Gasteiger partial charge in [0, 0.05) is 19.1 Å². The number of amides is 1. The lowest BCUT2D eigenvalue weighted by atomic mass is 9.95. The van der Waals surface area contributed by atoms with Crippen molar-refractivity contribution in [2.45, 2.75) is 57.9 Å². The number of hydrogen-bond acceptors (Lipinski definition) is 3. The average molecular weight is 351 g/mol. The van der Waals surface area contributed by atoms with E-state index in [2.05, 4.69) is 44.7 Å². The highest BCUT2D eigenvalue weighted by Crippen LogP contribution is 2.17. The number of carbonyl (C=O) groups is 1. The van der Waals surface area contributed by atoms with Crippen molar-refractivity contribution in [2.75, 3.05) is 19.6 Å². The van der Waals surface area contributed by atoms with E-state index in [0.29, 0.717) is 17.9 Å². The smallest absolute Gasteiger partial charge is 0.242 e. The van der Waals surface area contributed by atoms with Gasteiger partial charge in [0.05, 0.1) is 0 Å². The molecule has 1 aliphatic rings. The van der Waals surface area contributed by atoms with Crippen molar-refractivity contribution in [1.82, 2.24) is 16.0 Å². The largest absolute Gasteiger partial charge is 0.357 e. The maximum atomic E-state index is 12.1. The van der Waals surface area contributed by atoms with Crippen LogP contribution in [-0.4, -0.2) is 37.5 Å². The van der Waals surface area contributed by atoms with Crippen molar-refractivity contribution in [1.29, 1.82) is 0 Å². The Hall–Kier alpha value is -1.56. The van der Waals surface area contributed by atoms with E-state index in [1.165, 1.54) is 24.8 Å². The van der Waals surface area contributed by atoms with Gasteiger partial charge in [0.2, 0.25) is 5.91 Å². The van der Waals surface area contributed by atoms with E-state index >= 15 is 0 Å². The monoisotopic (exact) mass is 350 g/mol. The van der Waals surface area contributed by atoms with Gasteiger partial charge in [-0.25, -0.2) is 4.99 Å². The molecule has 24 heavy (non-hydrogen) atoms. The predicted molar refractivity (Wildman–Crippen MR) is 102 cm³/mol. The zero-order valence-corrected chi connectivity index (χ0v) is 15.6. The summed E-state index contributed by atoms with van der Waals surface area (Å²) in [6.07, 6.45) is 5.94. The number of nitrogens with zero attached hydrogens (tertiary/aromatic N) is 1. The van der Waals surface area contributed by atoms with Crippen molar-refractivity contribution < 1.29 is 4.79 Å². The van der Waals surface area contributed by atoms with Gasteiger partial charge in [-0.05, 0) is 48.1 Å². The lowest BCUT2D eigenvalue weighted by molar-refractivity contribution is -0.120. The van der Waals surface area contributed by atoms with Gasteiger partial charge in [-0.15, -0.1) is 0 Å². The topological polar surface area (TPSA) is 65.5 Å². The Morgan fingerprint density at radius 1 is 1.33 bits per heavy atom. The first-order valence-electron chi connectivity index (χ1n) is 9.02. The van der Waals surface area contributed by atoms with E-state index in [-0.39, 0.29) is 12.5 Å². The van der Waals surface area contributed by atoms with Gasteiger partial charge in [-0.2, -0.15) is 11.3 Å². The molecule has 1 aliphatic carbocycles. The van der Waals surface area contributed by atoms with Crippen LogP contribution in [0.1, 0.15) is 57.4 Å². The standard InChI is InChI=1S/C18H30N4OS/c1-3-19-18(20-11-14(2)15-9-10-24-13-15)21-12-17(23)22-16-7-5-4-6-8-16/h9-10,13-14,16H,3-8,11-12H2,1-2H3,(H,22,23)(H2,19,20,21). The lowest BCUT2D eigenvalue weighted by Gasteiger charge is -2.22. The molecule has 0 radical (unpaired) electrons. The van der Waals surface area contributed by atoms with Crippen molar-refractivity contribution in [3.63, 3.8) is 0 Å². The summed E-state index contributed by atoms with van der Waals surface area (Å²) in [7, 11) is 0. The van der Waals surface area contributed by atoms with Crippen LogP contribution in [0.15, 0.2) is 21.8 Å². The number of aliphatic imine (C=N–C) groups is 1. The summed E-state index contributed by atoms with van der Waals surface area (Å²) >= 11 is 1.72. The highest BCUT2D eigenvalue weighted by atomic mass is 32.1. The second-order valence-electron chi connectivity index (χ2n) is 6.44. The number of guanidine groups is 1. The van der Waals surface area contributed by atoms with E-state index in [9.17, 15) is 4.79 Å². The average Bonchev–Trinajstić information content (AvgIpc) is 3.12. The molecule has 0 bridgehead atoms. The maximum absolute atomic E-state index is 12.1. The van der Waals surface area contributed by atoms with E-state index in [0.717, 1.165) is 25.9 Å². The van der Waals surface area contributed by atoms with Gasteiger partial charge in [0.1, 0.15) is 6.54 Å². The van der Waals surface area contributed by atoms with Gasteiger partial charge in [0.25, 0.3) is 0 Å². The Morgan fingerprint density at radius 2 is 2.12 bits per heavy atom. The van der Waals surface area contributed by atoms with Gasteiger partial charge in [-0.3, -0.25) is 4.79 Å².